The van der Waals surface area contributed by atoms with E-state index in [2.05, 4.69) is 15.4 Å². The SMILES string of the molecule is CNC(=O)C(C)NS(=O)(=O)c1ccc(C(C)NC)cc1. The lowest BCUT2D eigenvalue weighted by atomic mass is 10.1. The van der Waals surface area contributed by atoms with Crippen LogP contribution < -0.4 is 15.4 Å². The lowest BCUT2D eigenvalue weighted by Gasteiger charge is -2.14. The lowest BCUT2D eigenvalue weighted by molar-refractivity contribution is -0.121. The van der Waals surface area contributed by atoms with E-state index in [1.165, 1.54) is 26.1 Å². The van der Waals surface area contributed by atoms with Gasteiger partial charge in [-0.15, -0.1) is 0 Å². The maximum Gasteiger partial charge on any atom is 0.241 e. The van der Waals surface area contributed by atoms with Crippen molar-refractivity contribution in [3.8, 4) is 0 Å². The number of nitrogens with one attached hydrogen (secondary N) is 3. The summed E-state index contributed by atoms with van der Waals surface area (Å²) in [5.74, 6) is -0.381. The fraction of sp³-hybridized carbons (Fsp3) is 0.462. The Morgan fingerprint density at radius 1 is 1.10 bits per heavy atom. The van der Waals surface area contributed by atoms with E-state index in [-0.39, 0.29) is 16.8 Å². The Bertz CT molecular complexity index is 555. The van der Waals surface area contributed by atoms with E-state index < -0.39 is 16.1 Å². The molecule has 2 atom stereocenters. The molecule has 7 heteroatoms. The molecule has 20 heavy (non-hydrogen) atoms. The molecule has 0 aliphatic heterocycles. The molecule has 0 aliphatic rings. The topological polar surface area (TPSA) is 87.3 Å². The minimum atomic E-state index is -3.70. The van der Waals surface area contributed by atoms with E-state index in [1.54, 1.807) is 12.1 Å². The van der Waals surface area contributed by atoms with Crippen LogP contribution in [0.2, 0.25) is 0 Å². The molecule has 3 N–H and O–H groups in total. The van der Waals surface area contributed by atoms with Gasteiger partial charge in [0.2, 0.25) is 15.9 Å². The smallest absolute Gasteiger partial charge is 0.241 e. The largest absolute Gasteiger partial charge is 0.358 e. The number of carbonyl (C=O) groups excluding carboxylic acids is 1. The monoisotopic (exact) mass is 299 g/mol. The summed E-state index contributed by atoms with van der Waals surface area (Å²) in [5, 5.41) is 5.47. The highest BCUT2D eigenvalue weighted by atomic mass is 32.2. The minimum Gasteiger partial charge on any atom is -0.358 e. The van der Waals surface area contributed by atoms with Crippen LogP contribution in [0, 0.1) is 0 Å². The van der Waals surface area contributed by atoms with Gasteiger partial charge in [0.25, 0.3) is 0 Å². The van der Waals surface area contributed by atoms with E-state index in [1.807, 2.05) is 14.0 Å². The number of likely N-dealkylation sites (N-methyl/N-ethyl adjacent to an activating group) is 1. The summed E-state index contributed by atoms with van der Waals surface area (Å²) in [4.78, 5) is 11.5. The first-order valence-corrected chi connectivity index (χ1v) is 7.81. The number of hydrogen-bond acceptors (Lipinski definition) is 4. The van der Waals surface area contributed by atoms with Gasteiger partial charge >= 0.3 is 0 Å². The molecule has 2 unspecified atom stereocenters. The second kappa shape index (κ2) is 6.83. The van der Waals surface area contributed by atoms with Gasteiger partial charge in [-0.25, -0.2) is 8.42 Å². The van der Waals surface area contributed by atoms with Crippen LogP contribution >= 0.6 is 0 Å². The highest BCUT2D eigenvalue weighted by molar-refractivity contribution is 7.89. The fourth-order valence-electron chi connectivity index (χ4n) is 1.67. The molecule has 1 rings (SSSR count). The summed E-state index contributed by atoms with van der Waals surface area (Å²) in [6, 6.07) is 5.88. The third-order valence-electron chi connectivity index (χ3n) is 3.10. The number of rotatable bonds is 6. The molecule has 0 saturated carbocycles. The molecular weight excluding hydrogens is 278 g/mol. The first-order valence-electron chi connectivity index (χ1n) is 6.33. The van der Waals surface area contributed by atoms with Crippen LogP contribution in [0.5, 0.6) is 0 Å². The van der Waals surface area contributed by atoms with E-state index in [9.17, 15) is 13.2 Å². The fourth-order valence-corrected chi connectivity index (χ4v) is 2.88. The maximum atomic E-state index is 12.1. The van der Waals surface area contributed by atoms with Crippen LogP contribution in [-0.4, -0.2) is 34.5 Å². The van der Waals surface area contributed by atoms with Crippen molar-refractivity contribution in [1.29, 1.82) is 0 Å². The maximum absolute atomic E-state index is 12.1. The molecule has 1 aromatic rings. The summed E-state index contributed by atoms with van der Waals surface area (Å²) >= 11 is 0. The third kappa shape index (κ3) is 4.03. The van der Waals surface area contributed by atoms with Crippen LogP contribution in [0.3, 0.4) is 0 Å². The van der Waals surface area contributed by atoms with Crippen molar-refractivity contribution in [1.82, 2.24) is 15.4 Å². The van der Waals surface area contributed by atoms with Crippen LogP contribution in [-0.2, 0) is 14.8 Å². The highest BCUT2D eigenvalue weighted by Crippen LogP contribution is 2.16. The van der Waals surface area contributed by atoms with Gasteiger partial charge in [-0.05, 0) is 38.6 Å². The van der Waals surface area contributed by atoms with Crippen LogP contribution in [0.4, 0.5) is 0 Å². The number of amides is 1. The molecule has 0 spiro atoms. The average molecular weight is 299 g/mol. The van der Waals surface area contributed by atoms with Gasteiger partial charge < -0.3 is 10.6 Å². The van der Waals surface area contributed by atoms with Gasteiger partial charge in [0.1, 0.15) is 0 Å². The molecule has 0 aromatic heterocycles. The molecule has 0 radical (unpaired) electrons. The molecule has 0 aliphatic carbocycles. The van der Waals surface area contributed by atoms with E-state index in [0.717, 1.165) is 5.56 Å². The van der Waals surface area contributed by atoms with E-state index >= 15 is 0 Å². The lowest BCUT2D eigenvalue weighted by Crippen LogP contribution is -2.43. The first-order chi connectivity index (χ1) is 9.31. The van der Waals surface area contributed by atoms with Crippen molar-refractivity contribution in [3.05, 3.63) is 29.8 Å². The predicted octanol–water partition coefficient (Wildman–Crippen LogP) is 0.380. The zero-order valence-corrected chi connectivity index (χ0v) is 12.9. The van der Waals surface area contributed by atoms with Gasteiger partial charge in [-0.3, -0.25) is 4.79 Å². The zero-order chi connectivity index (χ0) is 15.3. The normalized spacial score (nSPS) is 14.6. The number of benzene rings is 1. The Morgan fingerprint density at radius 2 is 1.65 bits per heavy atom. The van der Waals surface area contributed by atoms with Crippen molar-refractivity contribution in [2.24, 2.45) is 0 Å². The highest BCUT2D eigenvalue weighted by Gasteiger charge is 2.21. The summed E-state index contributed by atoms with van der Waals surface area (Å²) in [7, 11) is -0.400. The molecule has 1 aromatic carbocycles. The number of sulfonamides is 1. The standard InChI is InChI=1S/C13H21N3O3S/c1-9(14-3)11-5-7-12(8-6-11)20(18,19)16-10(2)13(17)15-4/h5-10,14,16H,1-4H3,(H,15,17). The van der Waals surface area contributed by atoms with E-state index in [4.69, 9.17) is 0 Å². The van der Waals surface area contributed by atoms with Crippen molar-refractivity contribution >= 4 is 15.9 Å². The van der Waals surface area contributed by atoms with Crippen molar-refractivity contribution in [2.75, 3.05) is 14.1 Å². The van der Waals surface area contributed by atoms with Crippen molar-refractivity contribution in [2.45, 2.75) is 30.8 Å². The molecule has 1 amide bonds. The molecule has 112 valence electrons. The molecular formula is C13H21N3O3S. The zero-order valence-electron chi connectivity index (χ0n) is 12.1. The summed E-state index contributed by atoms with van der Waals surface area (Å²) in [6.45, 7) is 3.48. The van der Waals surface area contributed by atoms with Crippen LogP contribution in [0.1, 0.15) is 25.5 Å². The Morgan fingerprint density at radius 3 is 2.10 bits per heavy atom. The van der Waals surface area contributed by atoms with Gasteiger partial charge in [-0.2, -0.15) is 4.72 Å². The van der Waals surface area contributed by atoms with Crippen LogP contribution in [0.15, 0.2) is 29.2 Å². The van der Waals surface area contributed by atoms with Gasteiger partial charge in [0.15, 0.2) is 0 Å². The predicted molar refractivity (Wildman–Crippen MR) is 77.8 cm³/mol. The molecule has 0 saturated heterocycles. The van der Waals surface area contributed by atoms with Gasteiger partial charge in [0, 0.05) is 13.1 Å². The second-order valence-electron chi connectivity index (χ2n) is 4.54. The minimum absolute atomic E-state index is 0.139. The quantitative estimate of drug-likeness (QED) is 0.709. The molecule has 0 bridgehead atoms. The number of carbonyl (C=O) groups is 1. The molecule has 0 fully saturated rings. The summed E-state index contributed by atoms with van der Waals surface area (Å²) in [6.07, 6.45) is 0. The Labute approximate surface area is 120 Å². The molecule has 6 nitrogen and oxygen atoms in total. The summed E-state index contributed by atoms with van der Waals surface area (Å²) in [5.41, 5.74) is 0.991. The Hall–Kier alpha value is -1.44. The van der Waals surface area contributed by atoms with Crippen molar-refractivity contribution < 1.29 is 13.2 Å². The van der Waals surface area contributed by atoms with Gasteiger partial charge in [0.05, 0.1) is 10.9 Å². The van der Waals surface area contributed by atoms with Crippen molar-refractivity contribution in [3.63, 3.8) is 0 Å². The first kappa shape index (κ1) is 16.6. The Balaban J connectivity index is 2.91. The van der Waals surface area contributed by atoms with Gasteiger partial charge in [-0.1, -0.05) is 12.1 Å². The number of hydrogen-bond donors (Lipinski definition) is 3. The summed E-state index contributed by atoms with van der Waals surface area (Å²) < 4.78 is 26.5. The van der Waals surface area contributed by atoms with Crippen LogP contribution in [0.25, 0.3) is 0 Å². The third-order valence-corrected chi connectivity index (χ3v) is 4.65. The Kier molecular flexibility index (Phi) is 5.67. The second-order valence-corrected chi connectivity index (χ2v) is 6.25. The molecule has 0 heterocycles. The average Bonchev–Trinajstić information content (AvgIpc) is 2.45. The van der Waals surface area contributed by atoms with E-state index in [0.29, 0.717) is 0 Å².